The van der Waals surface area contributed by atoms with Gasteiger partial charge in [-0.05, 0) is 26.1 Å². The first-order valence-electron chi connectivity index (χ1n) is 6.31. The topological polar surface area (TPSA) is 32.8 Å². The van der Waals surface area contributed by atoms with Crippen LogP contribution in [-0.2, 0) is 9.53 Å². The van der Waals surface area contributed by atoms with E-state index in [-0.39, 0.29) is 5.97 Å². The summed E-state index contributed by atoms with van der Waals surface area (Å²) in [5.41, 5.74) is 0. The number of nitrogens with zero attached hydrogens (tertiary/aromatic N) is 2. The molecule has 0 spiro atoms. The van der Waals surface area contributed by atoms with E-state index in [1.54, 1.807) is 6.26 Å². The van der Waals surface area contributed by atoms with Gasteiger partial charge in [0.25, 0.3) is 0 Å². The van der Waals surface area contributed by atoms with Crippen LogP contribution in [0, 0.1) is 0 Å². The predicted octanol–water partition coefficient (Wildman–Crippen LogP) is 1.12. The first kappa shape index (κ1) is 16.7. The molecule has 1 fully saturated rings. The number of rotatable bonds is 5. The number of thiol groups is 1. The van der Waals surface area contributed by atoms with Crippen molar-refractivity contribution in [2.75, 3.05) is 52.1 Å². The number of ether oxygens (including phenoxy) is 1. The third-order valence-electron chi connectivity index (χ3n) is 2.66. The SMILES string of the molecule is CCCN1CCN(CC(=O)OCC)CC1.CS. The number of hydrogen-bond acceptors (Lipinski definition) is 5. The summed E-state index contributed by atoms with van der Waals surface area (Å²) in [7, 11) is 0. The summed E-state index contributed by atoms with van der Waals surface area (Å²) in [4.78, 5) is 15.9. The van der Waals surface area contributed by atoms with Gasteiger partial charge in [0.1, 0.15) is 0 Å². The Morgan fingerprint density at radius 2 is 1.65 bits per heavy atom. The number of piperazine rings is 1. The normalized spacial score (nSPS) is 17.2. The molecule has 1 rings (SSSR count). The van der Waals surface area contributed by atoms with Crippen LogP contribution in [0.1, 0.15) is 20.3 Å². The fraction of sp³-hybridized carbons (Fsp3) is 0.917. The molecule has 0 saturated carbocycles. The maximum atomic E-state index is 11.2. The minimum absolute atomic E-state index is 0.0959. The van der Waals surface area contributed by atoms with Gasteiger partial charge in [-0.1, -0.05) is 6.92 Å². The van der Waals surface area contributed by atoms with Gasteiger partial charge in [-0.2, -0.15) is 12.6 Å². The Morgan fingerprint density at radius 3 is 2.12 bits per heavy atom. The molecular formula is C12H26N2O2S. The lowest BCUT2D eigenvalue weighted by molar-refractivity contribution is -0.144. The average Bonchev–Trinajstić information content (AvgIpc) is 2.35. The van der Waals surface area contributed by atoms with Crippen molar-refractivity contribution in [3.05, 3.63) is 0 Å². The minimum Gasteiger partial charge on any atom is -0.465 e. The maximum absolute atomic E-state index is 11.2. The molecule has 0 aliphatic carbocycles. The molecule has 0 amide bonds. The quantitative estimate of drug-likeness (QED) is 0.594. The van der Waals surface area contributed by atoms with E-state index in [9.17, 15) is 4.79 Å². The van der Waals surface area contributed by atoms with Gasteiger partial charge in [-0.3, -0.25) is 9.69 Å². The smallest absolute Gasteiger partial charge is 0.320 e. The Bertz CT molecular complexity index is 195. The molecule has 0 N–H and O–H groups in total. The zero-order valence-corrected chi connectivity index (χ0v) is 12.2. The van der Waals surface area contributed by atoms with Crippen molar-refractivity contribution in [2.24, 2.45) is 0 Å². The van der Waals surface area contributed by atoms with Crippen LogP contribution >= 0.6 is 12.6 Å². The van der Waals surface area contributed by atoms with E-state index in [1.165, 1.54) is 13.0 Å². The maximum Gasteiger partial charge on any atom is 0.320 e. The lowest BCUT2D eigenvalue weighted by Crippen LogP contribution is -2.48. The van der Waals surface area contributed by atoms with Gasteiger partial charge in [0.05, 0.1) is 13.2 Å². The van der Waals surface area contributed by atoms with Crippen LogP contribution in [0.15, 0.2) is 0 Å². The number of esters is 1. The zero-order chi connectivity index (χ0) is 13.1. The van der Waals surface area contributed by atoms with Gasteiger partial charge in [0.2, 0.25) is 0 Å². The molecule has 0 aromatic heterocycles. The van der Waals surface area contributed by atoms with Gasteiger partial charge in [-0.15, -0.1) is 0 Å². The van der Waals surface area contributed by atoms with E-state index in [1.807, 2.05) is 6.92 Å². The number of hydrogen-bond donors (Lipinski definition) is 1. The summed E-state index contributed by atoms with van der Waals surface area (Å²) in [6.45, 7) is 10.3. The van der Waals surface area contributed by atoms with E-state index in [0.717, 1.165) is 26.2 Å². The van der Waals surface area contributed by atoms with Crippen molar-refractivity contribution < 1.29 is 9.53 Å². The monoisotopic (exact) mass is 262 g/mol. The fourth-order valence-corrected chi connectivity index (χ4v) is 1.88. The van der Waals surface area contributed by atoms with Crippen molar-refractivity contribution >= 4 is 18.6 Å². The van der Waals surface area contributed by atoms with Crippen LogP contribution in [0.25, 0.3) is 0 Å². The Kier molecular flexibility index (Phi) is 10.7. The second kappa shape index (κ2) is 10.9. The van der Waals surface area contributed by atoms with E-state index in [4.69, 9.17) is 4.74 Å². The van der Waals surface area contributed by atoms with Crippen LogP contribution in [0.5, 0.6) is 0 Å². The van der Waals surface area contributed by atoms with Crippen LogP contribution in [0.3, 0.4) is 0 Å². The Labute approximate surface area is 111 Å². The van der Waals surface area contributed by atoms with Gasteiger partial charge in [0.15, 0.2) is 0 Å². The van der Waals surface area contributed by atoms with Crippen molar-refractivity contribution in [2.45, 2.75) is 20.3 Å². The molecule has 0 aromatic rings. The highest BCUT2D eigenvalue weighted by Crippen LogP contribution is 2.02. The molecule has 5 heteroatoms. The number of carbonyl (C=O) groups excluding carboxylic acids is 1. The summed E-state index contributed by atoms with van der Waals surface area (Å²) in [5, 5.41) is 0. The molecule has 1 aliphatic rings. The molecule has 1 aliphatic heterocycles. The van der Waals surface area contributed by atoms with E-state index < -0.39 is 0 Å². The molecule has 17 heavy (non-hydrogen) atoms. The molecule has 102 valence electrons. The highest BCUT2D eigenvalue weighted by Gasteiger charge is 2.18. The van der Waals surface area contributed by atoms with Crippen molar-refractivity contribution in [1.82, 2.24) is 9.80 Å². The zero-order valence-electron chi connectivity index (χ0n) is 11.3. The first-order chi connectivity index (χ1) is 8.26. The van der Waals surface area contributed by atoms with Gasteiger partial charge < -0.3 is 9.64 Å². The van der Waals surface area contributed by atoms with Crippen LogP contribution in [0.2, 0.25) is 0 Å². The molecular weight excluding hydrogens is 236 g/mol. The van der Waals surface area contributed by atoms with Gasteiger partial charge in [-0.25, -0.2) is 0 Å². The lowest BCUT2D eigenvalue weighted by Gasteiger charge is -2.33. The molecule has 0 unspecified atom stereocenters. The molecule has 1 heterocycles. The third-order valence-corrected chi connectivity index (χ3v) is 2.66. The highest BCUT2D eigenvalue weighted by atomic mass is 32.1. The van der Waals surface area contributed by atoms with Crippen molar-refractivity contribution in [3.8, 4) is 0 Å². The Morgan fingerprint density at radius 1 is 1.12 bits per heavy atom. The highest BCUT2D eigenvalue weighted by molar-refractivity contribution is 7.79. The summed E-state index contributed by atoms with van der Waals surface area (Å²) in [6.07, 6.45) is 2.90. The van der Waals surface area contributed by atoms with Gasteiger partial charge in [0, 0.05) is 26.2 Å². The lowest BCUT2D eigenvalue weighted by atomic mass is 10.3. The van der Waals surface area contributed by atoms with Crippen LogP contribution in [0.4, 0.5) is 0 Å². The van der Waals surface area contributed by atoms with Crippen molar-refractivity contribution in [1.29, 1.82) is 0 Å². The average molecular weight is 262 g/mol. The van der Waals surface area contributed by atoms with E-state index in [0.29, 0.717) is 13.2 Å². The fourth-order valence-electron chi connectivity index (χ4n) is 1.88. The van der Waals surface area contributed by atoms with E-state index >= 15 is 0 Å². The van der Waals surface area contributed by atoms with Crippen LogP contribution in [-0.4, -0.2) is 67.9 Å². The van der Waals surface area contributed by atoms with E-state index in [2.05, 4.69) is 29.4 Å². The largest absolute Gasteiger partial charge is 0.465 e. The molecule has 4 nitrogen and oxygen atoms in total. The van der Waals surface area contributed by atoms with Crippen LogP contribution < -0.4 is 0 Å². The van der Waals surface area contributed by atoms with Gasteiger partial charge >= 0.3 is 5.97 Å². The second-order valence-corrected chi connectivity index (χ2v) is 3.92. The summed E-state index contributed by atoms with van der Waals surface area (Å²) >= 11 is 3.53. The summed E-state index contributed by atoms with van der Waals surface area (Å²) in [6, 6.07) is 0. The summed E-state index contributed by atoms with van der Waals surface area (Å²) in [5.74, 6) is -0.0959. The Hall–Kier alpha value is -0.260. The summed E-state index contributed by atoms with van der Waals surface area (Å²) < 4.78 is 4.92. The number of carbonyl (C=O) groups is 1. The van der Waals surface area contributed by atoms with Crippen molar-refractivity contribution in [3.63, 3.8) is 0 Å². The predicted molar refractivity (Wildman–Crippen MR) is 74.7 cm³/mol. The minimum atomic E-state index is -0.0959. The molecule has 0 radical (unpaired) electrons. The Balaban J connectivity index is 0.00000121. The standard InChI is InChI=1S/C11H22N2O2.CH4S/c1-3-5-12-6-8-13(9-7-12)10-11(14)15-4-2;1-2/h3-10H2,1-2H3;2H,1H3. The first-order valence-corrected chi connectivity index (χ1v) is 7.20. The third kappa shape index (κ3) is 7.63. The molecule has 0 aromatic carbocycles. The second-order valence-electron chi connectivity index (χ2n) is 3.92. The molecule has 1 saturated heterocycles. The molecule has 0 atom stereocenters. The molecule has 0 bridgehead atoms.